The number of urea groups is 1. The molecule has 7 heteroatoms. The molecule has 6 nitrogen and oxygen atoms in total. The molecule has 2 heterocycles. The van der Waals surface area contributed by atoms with Crippen LogP contribution < -0.4 is 5.32 Å². The number of aliphatic imine (C=N–C) groups is 1. The predicted octanol–water partition coefficient (Wildman–Crippen LogP) is 2.89. The number of hydrogen-bond acceptors (Lipinski definition) is 5. The van der Waals surface area contributed by atoms with E-state index < -0.39 is 6.17 Å². The van der Waals surface area contributed by atoms with Gasteiger partial charge in [0.15, 0.2) is 17.4 Å². The Bertz CT molecular complexity index is 495. The second-order valence-corrected chi connectivity index (χ2v) is 7.98. The first-order chi connectivity index (χ1) is 11.5. The van der Waals surface area contributed by atoms with E-state index in [1.165, 1.54) is 25.7 Å². The fourth-order valence-corrected chi connectivity index (χ4v) is 4.02. The van der Waals surface area contributed by atoms with Crippen LogP contribution in [0.3, 0.4) is 0 Å². The molecular formula is C17H30N4O2S. The molecule has 0 radical (unpaired) electrons. The number of likely N-dealkylation sites (N-methyl/N-ethyl adjacent to an activating group) is 1. The molecule has 2 rings (SSSR count). The summed E-state index contributed by atoms with van der Waals surface area (Å²) in [6.45, 7) is 7.38. The van der Waals surface area contributed by atoms with Gasteiger partial charge in [-0.2, -0.15) is 0 Å². The number of rotatable bonds is 8. The van der Waals surface area contributed by atoms with Crippen LogP contribution in [0.15, 0.2) is 4.99 Å². The van der Waals surface area contributed by atoms with Crippen molar-refractivity contribution >= 4 is 28.9 Å². The third kappa shape index (κ3) is 4.43. The van der Waals surface area contributed by atoms with Crippen molar-refractivity contribution in [2.75, 3.05) is 19.3 Å². The van der Waals surface area contributed by atoms with Gasteiger partial charge in [0.1, 0.15) is 0 Å². The van der Waals surface area contributed by atoms with Crippen LogP contribution in [0, 0.1) is 5.92 Å². The highest BCUT2D eigenvalue weighted by Crippen LogP contribution is 2.29. The standard InChI is InChI=1S/C17H30N4O2S/c1-5-6-7-8-9-10-21-13-14(18-17(21)24-11-12(2)3)20(4)16(23)19-15(13)22/h12-14H,5-11H2,1-4H3,(H,19,22,23). The number of carbonyl (C=O) groups excluding carboxylic acids is 2. The van der Waals surface area contributed by atoms with Gasteiger partial charge >= 0.3 is 6.03 Å². The lowest BCUT2D eigenvalue weighted by molar-refractivity contribution is -0.127. The van der Waals surface area contributed by atoms with Crippen molar-refractivity contribution in [3.63, 3.8) is 0 Å². The Balaban J connectivity index is 2.06. The maximum atomic E-state index is 12.4. The van der Waals surface area contributed by atoms with E-state index in [1.807, 2.05) is 0 Å². The fourth-order valence-electron chi connectivity index (χ4n) is 2.98. The molecule has 2 atom stereocenters. The molecule has 2 unspecified atom stereocenters. The number of imide groups is 1. The van der Waals surface area contributed by atoms with Gasteiger partial charge in [-0.15, -0.1) is 0 Å². The highest BCUT2D eigenvalue weighted by atomic mass is 32.2. The number of carbonyl (C=O) groups is 2. The van der Waals surface area contributed by atoms with E-state index in [4.69, 9.17) is 4.99 Å². The normalized spacial score (nSPS) is 23.6. The Morgan fingerprint density at radius 1 is 1.21 bits per heavy atom. The van der Waals surface area contributed by atoms with Crippen molar-refractivity contribution < 1.29 is 9.59 Å². The molecule has 2 aliphatic heterocycles. The number of fused-ring (bicyclic) bond motifs is 1. The SMILES string of the molecule is CCCCCCCN1C(SCC(C)C)=NC2C1C(=O)NC(=O)N2C. The minimum Gasteiger partial charge on any atom is -0.336 e. The van der Waals surface area contributed by atoms with E-state index in [0.29, 0.717) is 5.92 Å². The molecule has 2 aliphatic rings. The first-order valence-electron chi connectivity index (χ1n) is 9.00. The second-order valence-electron chi connectivity index (χ2n) is 6.99. The van der Waals surface area contributed by atoms with E-state index in [-0.39, 0.29) is 18.0 Å². The largest absolute Gasteiger partial charge is 0.336 e. The highest BCUT2D eigenvalue weighted by molar-refractivity contribution is 8.13. The van der Waals surface area contributed by atoms with Gasteiger partial charge in [0, 0.05) is 19.3 Å². The van der Waals surface area contributed by atoms with Crippen molar-refractivity contribution in [2.24, 2.45) is 10.9 Å². The second kappa shape index (κ2) is 8.74. The third-order valence-corrected chi connectivity index (χ3v) is 5.80. The van der Waals surface area contributed by atoms with Gasteiger partial charge in [-0.25, -0.2) is 9.79 Å². The lowest BCUT2D eigenvalue weighted by Crippen LogP contribution is -2.63. The van der Waals surface area contributed by atoms with Crippen molar-refractivity contribution in [3.05, 3.63) is 0 Å². The molecule has 0 aromatic rings. The molecule has 0 spiro atoms. The molecule has 136 valence electrons. The van der Waals surface area contributed by atoms with Crippen molar-refractivity contribution in [2.45, 2.75) is 65.1 Å². The fraction of sp³-hybridized carbons (Fsp3) is 0.824. The number of amidine groups is 1. The molecular weight excluding hydrogens is 324 g/mol. The zero-order chi connectivity index (χ0) is 17.7. The molecule has 0 bridgehead atoms. The Morgan fingerprint density at radius 3 is 2.58 bits per heavy atom. The number of unbranched alkanes of at least 4 members (excludes halogenated alkanes) is 4. The summed E-state index contributed by atoms with van der Waals surface area (Å²) < 4.78 is 0. The molecule has 0 aromatic carbocycles. The van der Waals surface area contributed by atoms with E-state index in [2.05, 4.69) is 31.0 Å². The van der Waals surface area contributed by atoms with Gasteiger partial charge in [0.05, 0.1) is 0 Å². The first kappa shape index (κ1) is 19.1. The molecule has 0 aromatic heterocycles. The van der Waals surface area contributed by atoms with Gasteiger partial charge in [-0.3, -0.25) is 10.1 Å². The predicted molar refractivity (Wildman–Crippen MR) is 99.1 cm³/mol. The number of nitrogens with one attached hydrogen (secondary N) is 1. The number of hydrogen-bond donors (Lipinski definition) is 1. The van der Waals surface area contributed by atoms with Gasteiger partial charge in [0.25, 0.3) is 5.91 Å². The minimum atomic E-state index is -0.392. The van der Waals surface area contributed by atoms with Gasteiger partial charge in [-0.1, -0.05) is 58.2 Å². The van der Waals surface area contributed by atoms with Crippen LogP contribution in [0.1, 0.15) is 52.9 Å². The first-order valence-corrected chi connectivity index (χ1v) is 9.99. The molecule has 24 heavy (non-hydrogen) atoms. The number of amides is 3. The third-order valence-electron chi connectivity index (χ3n) is 4.37. The van der Waals surface area contributed by atoms with E-state index >= 15 is 0 Å². The average Bonchev–Trinajstić information content (AvgIpc) is 2.90. The van der Waals surface area contributed by atoms with Crippen LogP contribution in [0.4, 0.5) is 4.79 Å². The minimum absolute atomic E-state index is 0.222. The van der Waals surface area contributed by atoms with Crippen LogP contribution in [0.2, 0.25) is 0 Å². The zero-order valence-electron chi connectivity index (χ0n) is 15.2. The maximum Gasteiger partial charge on any atom is 0.325 e. The summed E-state index contributed by atoms with van der Waals surface area (Å²) in [5.74, 6) is 1.30. The van der Waals surface area contributed by atoms with Crippen LogP contribution in [0.25, 0.3) is 0 Å². The van der Waals surface area contributed by atoms with Crippen LogP contribution in [-0.4, -0.2) is 58.5 Å². The summed E-state index contributed by atoms with van der Waals surface area (Å²) in [4.78, 5) is 32.6. The van der Waals surface area contributed by atoms with Crippen LogP contribution in [0.5, 0.6) is 0 Å². The summed E-state index contributed by atoms with van der Waals surface area (Å²) in [7, 11) is 1.71. The molecule has 1 saturated heterocycles. The summed E-state index contributed by atoms with van der Waals surface area (Å²) in [6.07, 6.45) is 5.54. The van der Waals surface area contributed by atoms with Crippen molar-refractivity contribution in [1.82, 2.24) is 15.1 Å². The summed E-state index contributed by atoms with van der Waals surface area (Å²) in [5.41, 5.74) is 0. The molecule has 0 saturated carbocycles. The van der Waals surface area contributed by atoms with Gasteiger partial charge in [-0.05, 0) is 12.3 Å². The molecule has 3 amide bonds. The Kier molecular flexibility index (Phi) is 6.95. The lowest BCUT2D eigenvalue weighted by Gasteiger charge is -2.36. The zero-order valence-corrected chi connectivity index (χ0v) is 16.1. The molecule has 0 aliphatic carbocycles. The Hall–Kier alpha value is -1.24. The monoisotopic (exact) mass is 354 g/mol. The lowest BCUT2D eigenvalue weighted by atomic mass is 10.1. The Labute approximate surface area is 149 Å². The number of nitrogens with zero attached hydrogens (tertiary/aromatic N) is 3. The van der Waals surface area contributed by atoms with E-state index in [9.17, 15) is 9.59 Å². The average molecular weight is 355 g/mol. The molecule has 1 N–H and O–H groups in total. The van der Waals surface area contributed by atoms with Crippen molar-refractivity contribution in [1.29, 1.82) is 0 Å². The summed E-state index contributed by atoms with van der Waals surface area (Å²) >= 11 is 1.70. The maximum absolute atomic E-state index is 12.4. The summed E-state index contributed by atoms with van der Waals surface area (Å²) in [5, 5.41) is 3.36. The van der Waals surface area contributed by atoms with E-state index in [1.54, 1.807) is 23.7 Å². The van der Waals surface area contributed by atoms with Crippen LogP contribution in [-0.2, 0) is 4.79 Å². The quantitative estimate of drug-likeness (QED) is 0.681. The highest BCUT2D eigenvalue weighted by Gasteiger charge is 2.48. The van der Waals surface area contributed by atoms with Crippen LogP contribution >= 0.6 is 11.8 Å². The molecule has 1 fully saturated rings. The smallest absolute Gasteiger partial charge is 0.325 e. The number of thioether (sulfide) groups is 1. The Morgan fingerprint density at radius 2 is 1.92 bits per heavy atom. The van der Waals surface area contributed by atoms with E-state index in [0.717, 1.165) is 23.9 Å². The van der Waals surface area contributed by atoms with Crippen molar-refractivity contribution in [3.8, 4) is 0 Å². The topological polar surface area (TPSA) is 65.0 Å². The summed E-state index contributed by atoms with van der Waals surface area (Å²) in [6, 6.07) is -0.739. The van der Waals surface area contributed by atoms with Gasteiger partial charge < -0.3 is 9.80 Å². The van der Waals surface area contributed by atoms with Gasteiger partial charge in [0.2, 0.25) is 0 Å².